The van der Waals surface area contributed by atoms with Gasteiger partial charge in [0, 0.05) is 29.0 Å². The lowest BCUT2D eigenvalue weighted by atomic mass is 9.70. The zero-order valence-corrected chi connectivity index (χ0v) is 21.4. The summed E-state index contributed by atoms with van der Waals surface area (Å²) in [6.07, 6.45) is 17.2. The van der Waals surface area contributed by atoms with Gasteiger partial charge in [-0.1, -0.05) is 37.1 Å². The predicted octanol–water partition coefficient (Wildman–Crippen LogP) is 6.93. The Morgan fingerprint density at radius 3 is 2.86 bits per heavy atom. The summed E-state index contributed by atoms with van der Waals surface area (Å²) >= 11 is 0. The van der Waals surface area contributed by atoms with E-state index in [0.717, 1.165) is 61.9 Å². The number of aliphatic imine (C=N–C) groups is 1. The van der Waals surface area contributed by atoms with E-state index in [-0.39, 0.29) is 35.5 Å². The number of halogens is 1. The Balaban J connectivity index is 1.36. The van der Waals surface area contributed by atoms with Crippen molar-refractivity contribution >= 4 is 23.3 Å². The predicted molar refractivity (Wildman–Crippen MR) is 144 cm³/mol. The first-order valence-electron chi connectivity index (χ1n) is 13.5. The Bertz CT molecular complexity index is 1250. The van der Waals surface area contributed by atoms with Crippen molar-refractivity contribution < 1.29 is 19.1 Å². The van der Waals surface area contributed by atoms with Crippen LogP contribution in [0.4, 0.5) is 10.1 Å². The number of benzene rings is 1. The van der Waals surface area contributed by atoms with Crippen molar-refractivity contribution in [2.75, 3.05) is 0 Å². The zero-order valence-electron chi connectivity index (χ0n) is 21.4. The zero-order chi connectivity index (χ0) is 26.0. The third-order valence-electron chi connectivity index (χ3n) is 8.28. The third kappa shape index (κ3) is 5.53. The minimum absolute atomic E-state index is 0.0592. The van der Waals surface area contributed by atoms with E-state index in [1.165, 1.54) is 17.2 Å². The SMILES string of the molecule is CC1(C2=Nc3ccc(C(=O)N[C@@H]4CCC5=C4C=CCC5)cc3CC2CCCCC(=O)O)C=CC(F)=CC1. The fourth-order valence-corrected chi connectivity index (χ4v) is 6.21. The third-order valence-corrected chi connectivity index (χ3v) is 8.28. The Labute approximate surface area is 218 Å². The lowest BCUT2D eigenvalue weighted by molar-refractivity contribution is -0.137. The number of unbranched alkanes of at least 4 members (excludes halogenated alkanes) is 1. The van der Waals surface area contributed by atoms with Crippen molar-refractivity contribution in [1.82, 2.24) is 5.32 Å². The molecule has 194 valence electrons. The van der Waals surface area contributed by atoms with E-state index in [2.05, 4.69) is 24.4 Å². The minimum Gasteiger partial charge on any atom is -0.481 e. The van der Waals surface area contributed by atoms with Gasteiger partial charge in [-0.3, -0.25) is 14.6 Å². The number of carboxylic acids is 1. The summed E-state index contributed by atoms with van der Waals surface area (Å²) in [4.78, 5) is 29.3. The number of fused-ring (bicyclic) bond motifs is 1. The molecule has 3 atom stereocenters. The summed E-state index contributed by atoms with van der Waals surface area (Å²) in [6.45, 7) is 2.09. The van der Waals surface area contributed by atoms with Crippen LogP contribution in [0.15, 0.2) is 70.5 Å². The molecule has 0 saturated heterocycles. The average molecular weight is 503 g/mol. The van der Waals surface area contributed by atoms with E-state index in [1.54, 1.807) is 6.08 Å². The molecule has 3 aliphatic carbocycles. The van der Waals surface area contributed by atoms with Crippen LogP contribution in [-0.2, 0) is 11.2 Å². The highest BCUT2D eigenvalue weighted by Crippen LogP contribution is 2.42. The molecule has 2 unspecified atom stereocenters. The molecule has 1 aromatic carbocycles. The molecule has 2 N–H and O–H groups in total. The number of nitrogens with zero attached hydrogens (tertiary/aromatic N) is 1. The topological polar surface area (TPSA) is 78.8 Å². The van der Waals surface area contributed by atoms with Gasteiger partial charge in [-0.2, -0.15) is 0 Å². The summed E-state index contributed by atoms with van der Waals surface area (Å²) in [5.74, 6) is -0.957. The lowest BCUT2D eigenvalue weighted by Gasteiger charge is -2.36. The minimum atomic E-state index is -0.782. The van der Waals surface area contributed by atoms with Crippen LogP contribution in [0.3, 0.4) is 0 Å². The maximum absolute atomic E-state index is 13.7. The van der Waals surface area contributed by atoms with Gasteiger partial charge in [-0.15, -0.1) is 0 Å². The second kappa shape index (κ2) is 10.6. The molecule has 0 radical (unpaired) electrons. The van der Waals surface area contributed by atoms with Gasteiger partial charge >= 0.3 is 5.97 Å². The number of hydrogen-bond donors (Lipinski definition) is 2. The highest BCUT2D eigenvalue weighted by molar-refractivity contribution is 5.99. The van der Waals surface area contributed by atoms with Gasteiger partial charge in [-0.05, 0) is 92.9 Å². The number of aliphatic carboxylic acids is 1. The van der Waals surface area contributed by atoms with Gasteiger partial charge in [0.2, 0.25) is 0 Å². The molecule has 4 aliphatic rings. The first-order valence-corrected chi connectivity index (χ1v) is 13.5. The molecule has 37 heavy (non-hydrogen) atoms. The average Bonchev–Trinajstić information content (AvgIpc) is 3.30. The Kier molecular flexibility index (Phi) is 7.27. The van der Waals surface area contributed by atoms with Crippen molar-refractivity contribution in [3.8, 4) is 0 Å². The Morgan fingerprint density at radius 1 is 1.22 bits per heavy atom. The van der Waals surface area contributed by atoms with Crippen molar-refractivity contribution in [2.45, 2.75) is 77.2 Å². The molecular formula is C31H35FN2O3. The van der Waals surface area contributed by atoms with Crippen molar-refractivity contribution in [3.63, 3.8) is 0 Å². The van der Waals surface area contributed by atoms with Crippen molar-refractivity contribution in [1.29, 1.82) is 0 Å². The summed E-state index contributed by atoms with van der Waals surface area (Å²) < 4.78 is 13.7. The normalized spacial score (nSPS) is 26.3. The number of carboxylic acid groups (broad SMARTS) is 1. The molecule has 0 bridgehead atoms. The van der Waals surface area contributed by atoms with Crippen LogP contribution in [0, 0.1) is 11.3 Å². The van der Waals surface area contributed by atoms with Gasteiger partial charge in [0.05, 0.1) is 11.7 Å². The van der Waals surface area contributed by atoms with Crippen LogP contribution < -0.4 is 5.32 Å². The molecule has 0 spiro atoms. The summed E-state index contributed by atoms with van der Waals surface area (Å²) in [5.41, 5.74) is 5.93. The van der Waals surface area contributed by atoms with Crippen LogP contribution >= 0.6 is 0 Å². The number of allylic oxidation sites excluding steroid dienone is 6. The largest absolute Gasteiger partial charge is 0.481 e. The molecular weight excluding hydrogens is 467 g/mol. The Morgan fingerprint density at radius 2 is 2.08 bits per heavy atom. The number of nitrogens with one attached hydrogen (secondary N) is 1. The number of hydrogen-bond acceptors (Lipinski definition) is 3. The van der Waals surface area contributed by atoms with E-state index in [4.69, 9.17) is 10.1 Å². The van der Waals surface area contributed by atoms with Gasteiger partial charge in [0.15, 0.2) is 0 Å². The molecule has 1 aliphatic heterocycles. The summed E-state index contributed by atoms with van der Waals surface area (Å²) in [6, 6.07) is 5.82. The highest BCUT2D eigenvalue weighted by atomic mass is 19.1. The number of rotatable bonds is 8. The molecule has 0 saturated carbocycles. The first kappa shape index (κ1) is 25.4. The van der Waals surface area contributed by atoms with Crippen molar-refractivity contribution in [2.24, 2.45) is 16.3 Å². The van der Waals surface area contributed by atoms with E-state index in [9.17, 15) is 14.0 Å². The molecule has 0 fully saturated rings. The van der Waals surface area contributed by atoms with Crippen LogP contribution in [0.25, 0.3) is 0 Å². The summed E-state index contributed by atoms with van der Waals surface area (Å²) in [7, 11) is 0. The summed E-state index contributed by atoms with van der Waals surface area (Å²) in [5, 5.41) is 12.3. The smallest absolute Gasteiger partial charge is 0.303 e. The van der Waals surface area contributed by atoms with E-state index >= 15 is 0 Å². The van der Waals surface area contributed by atoms with E-state index < -0.39 is 5.97 Å². The fourth-order valence-electron chi connectivity index (χ4n) is 6.21. The highest BCUT2D eigenvalue weighted by Gasteiger charge is 2.37. The number of carbonyl (C=O) groups excluding carboxylic acids is 1. The fraction of sp³-hybridized carbons (Fsp3) is 0.452. The molecule has 0 aromatic heterocycles. The molecule has 6 heteroatoms. The molecule has 5 rings (SSSR count). The number of amides is 1. The number of carbonyl (C=O) groups is 2. The standard InChI is InChI=1S/C31H35FN2O3/c1-31(16-14-24(32)15-17-31)29-21(7-3-5-9-28(35)36)18-23-19-22(11-12-26(23)33-29)30(37)34-27-13-10-20-6-2-4-8-25(20)27/h4,8,11-12,14-16,19,21,27H,2-3,5-7,9-10,13,17-18H2,1H3,(H,34,37)(H,35,36)/t21?,27-,31?/m1/s1. The van der Waals surface area contributed by atoms with Gasteiger partial charge in [0.1, 0.15) is 5.83 Å². The Hall–Kier alpha value is -3.28. The van der Waals surface area contributed by atoms with E-state index in [1.807, 2.05) is 24.3 Å². The van der Waals surface area contributed by atoms with Crippen LogP contribution in [0.2, 0.25) is 0 Å². The van der Waals surface area contributed by atoms with Gasteiger partial charge in [-0.25, -0.2) is 4.39 Å². The van der Waals surface area contributed by atoms with E-state index in [0.29, 0.717) is 18.4 Å². The van der Waals surface area contributed by atoms with Crippen LogP contribution in [0.5, 0.6) is 0 Å². The molecule has 1 heterocycles. The van der Waals surface area contributed by atoms with Crippen molar-refractivity contribution in [3.05, 3.63) is 76.7 Å². The molecule has 1 aromatic rings. The molecule has 1 amide bonds. The van der Waals surface area contributed by atoms with Gasteiger partial charge in [0.25, 0.3) is 5.91 Å². The quantitative estimate of drug-likeness (QED) is 0.378. The maximum atomic E-state index is 13.7. The molecule has 5 nitrogen and oxygen atoms in total. The van der Waals surface area contributed by atoms with Crippen LogP contribution in [0.1, 0.15) is 80.6 Å². The second-order valence-corrected chi connectivity index (χ2v) is 11.0. The first-order chi connectivity index (χ1) is 17.8. The second-order valence-electron chi connectivity index (χ2n) is 11.0. The maximum Gasteiger partial charge on any atom is 0.303 e. The monoisotopic (exact) mass is 502 g/mol. The van der Waals surface area contributed by atoms with Gasteiger partial charge < -0.3 is 10.4 Å². The van der Waals surface area contributed by atoms with Crippen LogP contribution in [-0.4, -0.2) is 28.7 Å². The lowest BCUT2D eigenvalue weighted by Crippen LogP contribution is -2.36.